The van der Waals surface area contributed by atoms with Gasteiger partial charge in [0, 0.05) is 0 Å². The molecule has 0 saturated heterocycles. The maximum atomic E-state index is 13.5. The molecule has 0 radical (unpaired) electrons. The van der Waals surface area contributed by atoms with E-state index in [0.29, 0.717) is 13.2 Å². The van der Waals surface area contributed by atoms with Gasteiger partial charge in [0.15, 0.2) is 11.6 Å². The van der Waals surface area contributed by atoms with E-state index in [9.17, 15) is 4.39 Å². The van der Waals surface area contributed by atoms with Crippen LogP contribution in [0, 0.1) is 11.2 Å². The highest BCUT2D eigenvalue weighted by Crippen LogP contribution is 2.25. The lowest BCUT2D eigenvalue weighted by atomic mass is 9.87. The van der Waals surface area contributed by atoms with E-state index < -0.39 is 5.82 Å². The van der Waals surface area contributed by atoms with E-state index in [2.05, 4.69) is 13.8 Å². The number of ether oxygens (including phenoxy) is 1. The minimum atomic E-state index is -0.485. The zero-order valence-corrected chi connectivity index (χ0v) is 11.8. The van der Waals surface area contributed by atoms with Crippen molar-refractivity contribution >= 4 is 11.6 Å². The molecule has 1 aromatic rings. The van der Waals surface area contributed by atoms with E-state index in [1.54, 1.807) is 12.1 Å². The number of nitrogens with two attached hydrogens (primary N) is 1. The van der Waals surface area contributed by atoms with Crippen LogP contribution in [0.3, 0.4) is 0 Å². The first kappa shape index (κ1) is 15.3. The van der Waals surface area contributed by atoms with Crippen molar-refractivity contribution in [3.05, 3.63) is 29.0 Å². The summed E-state index contributed by atoms with van der Waals surface area (Å²) in [6.07, 6.45) is 2.95. The van der Waals surface area contributed by atoms with Crippen LogP contribution >= 0.6 is 11.6 Å². The molecule has 1 rings (SSSR count). The lowest BCUT2D eigenvalue weighted by molar-refractivity contribution is 0.270. The standard InChI is InChI=1S/C14H21ClFNO/c1-14(2,10-17)8-3-4-9-18-12-7-5-6-11(15)13(12)16/h5-7H,3-4,8-10,17H2,1-2H3. The molecule has 0 aliphatic carbocycles. The van der Waals surface area contributed by atoms with Gasteiger partial charge in [0.2, 0.25) is 0 Å². The Balaban J connectivity index is 2.28. The van der Waals surface area contributed by atoms with Crippen molar-refractivity contribution in [1.29, 1.82) is 0 Å². The quantitative estimate of drug-likeness (QED) is 0.762. The minimum Gasteiger partial charge on any atom is -0.490 e. The molecular formula is C14H21ClFNO. The summed E-state index contributed by atoms with van der Waals surface area (Å²) in [6.45, 7) is 5.46. The predicted molar refractivity (Wildman–Crippen MR) is 73.6 cm³/mol. The van der Waals surface area contributed by atoms with Gasteiger partial charge in [-0.25, -0.2) is 4.39 Å². The molecule has 0 aromatic heterocycles. The summed E-state index contributed by atoms with van der Waals surface area (Å²) in [5.41, 5.74) is 5.82. The number of hydrogen-bond donors (Lipinski definition) is 1. The van der Waals surface area contributed by atoms with Crippen LogP contribution in [0.25, 0.3) is 0 Å². The molecule has 2 nitrogen and oxygen atoms in total. The van der Waals surface area contributed by atoms with Crippen LogP contribution in [0.15, 0.2) is 18.2 Å². The first-order valence-corrected chi connectivity index (χ1v) is 6.61. The van der Waals surface area contributed by atoms with Crippen LogP contribution in [0.2, 0.25) is 5.02 Å². The van der Waals surface area contributed by atoms with Crippen LogP contribution in [-0.4, -0.2) is 13.2 Å². The van der Waals surface area contributed by atoms with E-state index in [-0.39, 0.29) is 16.2 Å². The zero-order chi connectivity index (χ0) is 13.6. The van der Waals surface area contributed by atoms with Crippen LogP contribution < -0.4 is 10.5 Å². The monoisotopic (exact) mass is 273 g/mol. The van der Waals surface area contributed by atoms with Gasteiger partial charge in [-0.3, -0.25) is 0 Å². The topological polar surface area (TPSA) is 35.2 Å². The Hall–Kier alpha value is -0.800. The second-order valence-corrected chi connectivity index (χ2v) is 5.63. The molecule has 2 N–H and O–H groups in total. The lowest BCUT2D eigenvalue weighted by Gasteiger charge is -2.21. The van der Waals surface area contributed by atoms with Gasteiger partial charge in [0.05, 0.1) is 11.6 Å². The molecule has 4 heteroatoms. The van der Waals surface area contributed by atoms with Crippen LogP contribution in [-0.2, 0) is 0 Å². The number of hydrogen-bond acceptors (Lipinski definition) is 2. The van der Waals surface area contributed by atoms with E-state index >= 15 is 0 Å². The third-order valence-corrected chi connectivity index (χ3v) is 3.27. The van der Waals surface area contributed by atoms with Crippen LogP contribution in [0.5, 0.6) is 5.75 Å². The molecule has 0 atom stereocenters. The molecule has 0 spiro atoms. The lowest BCUT2D eigenvalue weighted by Crippen LogP contribution is -2.23. The molecule has 0 aliphatic rings. The maximum Gasteiger partial charge on any atom is 0.183 e. The van der Waals surface area contributed by atoms with Crippen molar-refractivity contribution in [3.63, 3.8) is 0 Å². The maximum absolute atomic E-state index is 13.5. The molecule has 1 aromatic carbocycles. The first-order valence-electron chi connectivity index (χ1n) is 6.23. The average Bonchev–Trinajstić information content (AvgIpc) is 2.34. The third-order valence-electron chi connectivity index (χ3n) is 2.97. The van der Waals surface area contributed by atoms with E-state index in [1.807, 2.05) is 0 Å². The Morgan fingerprint density at radius 2 is 2.06 bits per heavy atom. The van der Waals surface area contributed by atoms with Crippen molar-refractivity contribution in [3.8, 4) is 5.75 Å². The van der Waals surface area contributed by atoms with Crippen LogP contribution in [0.4, 0.5) is 4.39 Å². The molecule has 0 unspecified atom stereocenters. The zero-order valence-electron chi connectivity index (χ0n) is 11.0. The van der Waals surface area contributed by atoms with Gasteiger partial charge >= 0.3 is 0 Å². The molecular weight excluding hydrogens is 253 g/mol. The summed E-state index contributed by atoms with van der Waals surface area (Å²) < 4.78 is 18.9. The molecule has 0 bridgehead atoms. The van der Waals surface area contributed by atoms with Gasteiger partial charge in [-0.05, 0) is 43.4 Å². The van der Waals surface area contributed by atoms with Crippen molar-refractivity contribution in [2.75, 3.05) is 13.2 Å². The van der Waals surface area contributed by atoms with Gasteiger partial charge in [0.1, 0.15) is 0 Å². The van der Waals surface area contributed by atoms with E-state index in [4.69, 9.17) is 22.1 Å². The average molecular weight is 274 g/mol. The summed E-state index contributed by atoms with van der Waals surface area (Å²) in [4.78, 5) is 0. The van der Waals surface area contributed by atoms with Crippen molar-refractivity contribution in [2.24, 2.45) is 11.1 Å². The fraction of sp³-hybridized carbons (Fsp3) is 0.571. The Morgan fingerprint density at radius 3 is 2.72 bits per heavy atom. The SMILES string of the molecule is CC(C)(CN)CCCCOc1cccc(Cl)c1F. The third kappa shape index (κ3) is 4.83. The Morgan fingerprint density at radius 1 is 1.33 bits per heavy atom. The summed E-state index contributed by atoms with van der Waals surface area (Å²) >= 11 is 5.66. The molecule has 18 heavy (non-hydrogen) atoms. The molecule has 0 saturated carbocycles. The highest BCUT2D eigenvalue weighted by Gasteiger charge is 2.14. The largest absolute Gasteiger partial charge is 0.490 e. The summed E-state index contributed by atoms with van der Waals surface area (Å²) in [5, 5.41) is 0.0942. The van der Waals surface area contributed by atoms with E-state index in [0.717, 1.165) is 19.3 Å². The Bertz CT molecular complexity index is 382. The molecule has 102 valence electrons. The van der Waals surface area contributed by atoms with Gasteiger partial charge in [-0.2, -0.15) is 0 Å². The Kier molecular flexibility index (Phi) is 5.89. The Labute approximate surface area is 113 Å². The summed E-state index contributed by atoms with van der Waals surface area (Å²) in [7, 11) is 0. The molecule has 0 aliphatic heterocycles. The van der Waals surface area contributed by atoms with Gasteiger partial charge in [-0.15, -0.1) is 0 Å². The number of rotatable bonds is 7. The number of benzene rings is 1. The fourth-order valence-electron chi connectivity index (χ4n) is 1.59. The first-order chi connectivity index (χ1) is 8.46. The van der Waals surface area contributed by atoms with E-state index in [1.165, 1.54) is 6.07 Å². The van der Waals surface area contributed by atoms with Gasteiger partial charge in [-0.1, -0.05) is 31.5 Å². The normalized spacial score (nSPS) is 11.6. The van der Waals surface area contributed by atoms with Crippen molar-refractivity contribution in [1.82, 2.24) is 0 Å². The van der Waals surface area contributed by atoms with Gasteiger partial charge in [0.25, 0.3) is 0 Å². The van der Waals surface area contributed by atoms with Gasteiger partial charge < -0.3 is 10.5 Å². The molecule has 0 fully saturated rings. The van der Waals surface area contributed by atoms with Crippen molar-refractivity contribution in [2.45, 2.75) is 33.1 Å². The summed E-state index contributed by atoms with van der Waals surface area (Å²) in [5.74, 6) is -0.262. The van der Waals surface area contributed by atoms with Crippen molar-refractivity contribution < 1.29 is 9.13 Å². The predicted octanol–water partition coefficient (Wildman–Crippen LogP) is 4.01. The fourth-order valence-corrected chi connectivity index (χ4v) is 1.75. The number of unbranched alkanes of at least 4 members (excludes halogenated alkanes) is 1. The minimum absolute atomic E-state index is 0.0942. The number of halogens is 2. The molecule has 0 amide bonds. The summed E-state index contributed by atoms with van der Waals surface area (Å²) in [6, 6.07) is 4.77. The van der Waals surface area contributed by atoms with Crippen LogP contribution in [0.1, 0.15) is 33.1 Å². The highest BCUT2D eigenvalue weighted by molar-refractivity contribution is 6.30. The second-order valence-electron chi connectivity index (χ2n) is 5.23. The molecule has 0 heterocycles. The smallest absolute Gasteiger partial charge is 0.183 e. The highest BCUT2D eigenvalue weighted by atomic mass is 35.5. The second kappa shape index (κ2) is 6.95.